The molecule has 0 aliphatic carbocycles. The maximum atomic E-state index is 12.6. The van der Waals surface area contributed by atoms with Crippen LogP contribution in [0.2, 0.25) is 0 Å². The summed E-state index contributed by atoms with van der Waals surface area (Å²) in [5.74, 6) is 1.56. The van der Waals surface area contributed by atoms with E-state index in [9.17, 15) is 4.79 Å². The number of benzene rings is 2. The van der Waals surface area contributed by atoms with E-state index in [1.807, 2.05) is 60.4 Å². The summed E-state index contributed by atoms with van der Waals surface area (Å²) in [5.41, 5.74) is 3.28. The Balaban J connectivity index is 1.41. The molecule has 0 saturated heterocycles. The van der Waals surface area contributed by atoms with Crippen LogP contribution in [0.5, 0.6) is 11.5 Å². The predicted octanol–water partition coefficient (Wildman–Crippen LogP) is 4.09. The van der Waals surface area contributed by atoms with Crippen molar-refractivity contribution in [1.82, 2.24) is 9.88 Å². The third kappa shape index (κ3) is 4.02. The van der Waals surface area contributed by atoms with E-state index in [1.54, 1.807) is 18.4 Å². The minimum Gasteiger partial charge on any atom is -0.497 e. The number of hydrogen-bond acceptors (Lipinski definition) is 5. The highest BCUT2D eigenvalue weighted by molar-refractivity contribution is 7.15. The Kier molecular flexibility index (Phi) is 5.30. The molecule has 0 radical (unpaired) electrons. The summed E-state index contributed by atoms with van der Waals surface area (Å²) in [6.45, 7) is 3.34. The molecule has 2 aromatic carbocycles. The fourth-order valence-electron chi connectivity index (χ4n) is 3.21. The highest BCUT2D eigenvalue weighted by Gasteiger charge is 2.24. The second-order valence-corrected chi connectivity index (χ2v) is 7.87. The zero-order chi connectivity index (χ0) is 19.5. The standard InChI is InChI=1S/C22H22N2O3S/c1-15-4-3-5-18(12-15)27-14-21(25)24-11-10-19-20(13-24)28-22(23-19)16-6-8-17(26-2)9-7-16/h3-9,12H,10-11,13-14H2,1-2H3. The van der Waals surface area contributed by atoms with Crippen molar-refractivity contribution in [3.63, 3.8) is 0 Å². The Hall–Kier alpha value is -2.86. The van der Waals surface area contributed by atoms with Crippen LogP contribution in [-0.2, 0) is 17.8 Å². The van der Waals surface area contributed by atoms with Gasteiger partial charge in [-0.2, -0.15) is 0 Å². The average Bonchev–Trinajstić information content (AvgIpc) is 3.15. The lowest BCUT2D eigenvalue weighted by atomic mass is 10.1. The third-order valence-corrected chi connectivity index (χ3v) is 5.90. The first-order valence-electron chi connectivity index (χ1n) is 9.22. The highest BCUT2D eigenvalue weighted by atomic mass is 32.1. The molecule has 1 aromatic heterocycles. The molecule has 3 aromatic rings. The van der Waals surface area contributed by atoms with Crippen LogP contribution < -0.4 is 9.47 Å². The number of carbonyl (C=O) groups excluding carboxylic acids is 1. The van der Waals surface area contributed by atoms with Gasteiger partial charge in [-0.15, -0.1) is 11.3 Å². The number of aromatic nitrogens is 1. The number of thiazole rings is 1. The van der Waals surface area contributed by atoms with Gasteiger partial charge in [-0.3, -0.25) is 4.79 Å². The molecule has 2 heterocycles. The first kappa shape index (κ1) is 18.5. The molecule has 0 atom stereocenters. The largest absolute Gasteiger partial charge is 0.497 e. The van der Waals surface area contributed by atoms with Gasteiger partial charge < -0.3 is 14.4 Å². The van der Waals surface area contributed by atoms with Crippen LogP contribution >= 0.6 is 11.3 Å². The van der Waals surface area contributed by atoms with Crippen molar-refractivity contribution in [2.24, 2.45) is 0 Å². The lowest BCUT2D eigenvalue weighted by Crippen LogP contribution is -2.38. The van der Waals surface area contributed by atoms with E-state index in [1.165, 1.54) is 0 Å². The number of fused-ring (bicyclic) bond motifs is 1. The second-order valence-electron chi connectivity index (χ2n) is 6.79. The Morgan fingerprint density at radius 2 is 2.00 bits per heavy atom. The molecule has 4 rings (SSSR count). The third-order valence-electron chi connectivity index (χ3n) is 4.77. The molecular weight excluding hydrogens is 372 g/mol. The van der Waals surface area contributed by atoms with Gasteiger partial charge in [0.2, 0.25) is 0 Å². The van der Waals surface area contributed by atoms with E-state index in [0.717, 1.165) is 44.6 Å². The predicted molar refractivity (Wildman–Crippen MR) is 110 cm³/mol. The van der Waals surface area contributed by atoms with Crippen LogP contribution in [0, 0.1) is 6.92 Å². The molecule has 28 heavy (non-hydrogen) atoms. The molecule has 0 unspecified atom stereocenters. The number of ether oxygens (including phenoxy) is 2. The molecule has 0 saturated carbocycles. The van der Waals surface area contributed by atoms with Crippen molar-refractivity contribution in [3.05, 3.63) is 64.7 Å². The van der Waals surface area contributed by atoms with Crippen LogP contribution in [0.25, 0.3) is 10.6 Å². The van der Waals surface area contributed by atoms with Gasteiger partial charge in [0.1, 0.15) is 16.5 Å². The van der Waals surface area contributed by atoms with E-state index < -0.39 is 0 Å². The zero-order valence-corrected chi connectivity index (χ0v) is 16.8. The minimum atomic E-state index is 0.00607. The topological polar surface area (TPSA) is 51.7 Å². The van der Waals surface area contributed by atoms with Gasteiger partial charge in [0.25, 0.3) is 5.91 Å². The van der Waals surface area contributed by atoms with Crippen molar-refractivity contribution >= 4 is 17.2 Å². The van der Waals surface area contributed by atoms with Gasteiger partial charge in [-0.05, 0) is 48.9 Å². The molecule has 0 N–H and O–H groups in total. The fraction of sp³-hybridized carbons (Fsp3) is 0.273. The molecule has 1 amide bonds. The SMILES string of the molecule is COc1ccc(-c2nc3c(s2)CN(C(=O)COc2cccc(C)c2)CC3)cc1. The van der Waals surface area contributed by atoms with Gasteiger partial charge in [0.15, 0.2) is 6.61 Å². The highest BCUT2D eigenvalue weighted by Crippen LogP contribution is 2.32. The first-order valence-corrected chi connectivity index (χ1v) is 10.0. The maximum Gasteiger partial charge on any atom is 0.260 e. The van der Waals surface area contributed by atoms with E-state index in [4.69, 9.17) is 14.5 Å². The minimum absolute atomic E-state index is 0.00607. The van der Waals surface area contributed by atoms with Gasteiger partial charge in [0, 0.05) is 23.4 Å². The fourth-order valence-corrected chi connectivity index (χ4v) is 4.34. The Bertz CT molecular complexity index is 982. The number of rotatable bonds is 5. The summed E-state index contributed by atoms with van der Waals surface area (Å²) in [5, 5.41) is 0.984. The molecule has 1 aliphatic rings. The molecular formula is C22H22N2O3S. The van der Waals surface area contributed by atoms with Crippen LogP contribution in [0.15, 0.2) is 48.5 Å². The molecule has 5 nitrogen and oxygen atoms in total. The van der Waals surface area contributed by atoms with Crippen molar-refractivity contribution in [3.8, 4) is 22.1 Å². The van der Waals surface area contributed by atoms with Gasteiger partial charge in [-0.1, -0.05) is 12.1 Å². The van der Waals surface area contributed by atoms with Crippen molar-refractivity contribution in [1.29, 1.82) is 0 Å². The lowest BCUT2D eigenvalue weighted by Gasteiger charge is -2.26. The van der Waals surface area contributed by atoms with Crippen molar-refractivity contribution in [2.75, 3.05) is 20.3 Å². The number of hydrogen-bond donors (Lipinski definition) is 0. The van der Waals surface area contributed by atoms with Gasteiger partial charge in [-0.25, -0.2) is 4.98 Å². The number of aryl methyl sites for hydroxylation is 1. The van der Waals surface area contributed by atoms with E-state index in [2.05, 4.69) is 0 Å². The molecule has 6 heteroatoms. The van der Waals surface area contributed by atoms with Gasteiger partial charge in [0.05, 0.1) is 19.3 Å². The molecule has 144 valence electrons. The second kappa shape index (κ2) is 8.02. The first-order chi connectivity index (χ1) is 13.6. The number of nitrogens with zero attached hydrogens (tertiary/aromatic N) is 2. The van der Waals surface area contributed by atoms with Gasteiger partial charge >= 0.3 is 0 Å². The van der Waals surface area contributed by atoms with Crippen LogP contribution in [-0.4, -0.2) is 36.1 Å². The lowest BCUT2D eigenvalue weighted by molar-refractivity contribution is -0.134. The number of methoxy groups -OCH3 is 1. The quantitative estimate of drug-likeness (QED) is 0.654. The molecule has 1 aliphatic heterocycles. The van der Waals surface area contributed by atoms with Crippen molar-refractivity contribution < 1.29 is 14.3 Å². The van der Waals surface area contributed by atoms with Crippen LogP contribution in [0.4, 0.5) is 0 Å². The summed E-state index contributed by atoms with van der Waals surface area (Å²) in [4.78, 5) is 20.4. The average molecular weight is 394 g/mol. The monoisotopic (exact) mass is 394 g/mol. The molecule has 0 spiro atoms. The summed E-state index contributed by atoms with van der Waals surface area (Å²) < 4.78 is 10.9. The van der Waals surface area contributed by atoms with Crippen LogP contribution in [0.1, 0.15) is 16.1 Å². The summed E-state index contributed by atoms with van der Waals surface area (Å²) in [6, 6.07) is 15.7. The smallest absolute Gasteiger partial charge is 0.260 e. The number of carbonyl (C=O) groups is 1. The van der Waals surface area contributed by atoms with E-state index in [0.29, 0.717) is 13.1 Å². The Labute approximate surface area is 168 Å². The van der Waals surface area contributed by atoms with E-state index >= 15 is 0 Å². The van der Waals surface area contributed by atoms with E-state index in [-0.39, 0.29) is 12.5 Å². The zero-order valence-electron chi connectivity index (χ0n) is 16.0. The molecule has 0 bridgehead atoms. The Morgan fingerprint density at radius 1 is 1.18 bits per heavy atom. The maximum absolute atomic E-state index is 12.6. The number of amides is 1. The summed E-state index contributed by atoms with van der Waals surface area (Å²) >= 11 is 1.65. The molecule has 0 fully saturated rings. The Morgan fingerprint density at radius 3 is 2.75 bits per heavy atom. The summed E-state index contributed by atoms with van der Waals surface area (Å²) in [7, 11) is 1.66. The van der Waals surface area contributed by atoms with Crippen LogP contribution in [0.3, 0.4) is 0 Å². The van der Waals surface area contributed by atoms with Crippen molar-refractivity contribution in [2.45, 2.75) is 19.9 Å². The summed E-state index contributed by atoms with van der Waals surface area (Å²) in [6.07, 6.45) is 0.776. The normalized spacial score (nSPS) is 13.1.